The zero-order chi connectivity index (χ0) is 11.6. The summed E-state index contributed by atoms with van der Waals surface area (Å²) in [6.45, 7) is 4.71. The molecule has 2 N–H and O–H groups in total. The van der Waals surface area contributed by atoms with E-state index >= 15 is 0 Å². The second-order valence-electron chi connectivity index (χ2n) is 4.16. The van der Waals surface area contributed by atoms with Gasteiger partial charge in [0.05, 0.1) is 6.61 Å². The van der Waals surface area contributed by atoms with Crippen LogP contribution in [0.15, 0.2) is 18.2 Å². The summed E-state index contributed by atoms with van der Waals surface area (Å²) in [5.74, 6) is 0.437. The smallest absolute Gasteiger partial charge is 0.215 e. The molecular formula is C11H16N2O3. The number of hydrogen-bond acceptors (Lipinski definition) is 5. The molecule has 0 bridgehead atoms. The minimum absolute atomic E-state index is 0.0572. The number of nitrogens with zero attached hydrogens (tertiary/aromatic N) is 1. The molecule has 5 nitrogen and oxygen atoms in total. The van der Waals surface area contributed by atoms with Crippen molar-refractivity contribution in [2.45, 2.75) is 25.7 Å². The van der Waals surface area contributed by atoms with Crippen LogP contribution in [-0.2, 0) is 9.47 Å². The van der Waals surface area contributed by atoms with Crippen molar-refractivity contribution < 1.29 is 14.2 Å². The third kappa shape index (κ3) is 2.84. The minimum Gasteiger partial charge on any atom is -0.475 e. The number of anilines is 1. The highest BCUT2D eigenvalue weighted by Gasteiger charge is 2.32. The van der Waals surface area contributed by atoms with Crippen LogP contribution in [0.4, 0.5) is 5.82 Å². The molecule has 1 aliphatic rings. The van der Waals surface area contributed by atoms with E-state index in [1.807, 2.05) is 13.8 Å². The maximum atomic E-state index is 5.59. The maximum Gasteiger partial charge on any atom is 0.215 e. The molecule has 0 aromatic carbocycles. The summed E-state index contributed by atoms with van der Waals surface area (Å²) in [5.41, 5.74) is 5.54. The van der Waals surface area contributed by atoms with E-state index in [9.17, 15) is 0 Å². The molecule has 1 atom stereocenters. The highest BCUT2D eigenvalue weighted by Crippen LogP contribution is 2.22. The number of aromatic nitrogens is 1. The highest BCUT2D eigenvalue weighted by molar-refractivity contribution is 5.31. The zero-order valence-corrected chi connectivity index (χ0v) is 9.47. The zero-order valence-electron chi connectivity index (χ0n) is 9.47. The molecule has 2 heterocycles. The predicted molar refractivity (Wildman–Crippen MR) is 59.0 cm³/mol. The Kier molecular flexibility index (Phi) is 2.98. The van der Waals surface area contributed by atoms with Crippen LogP contribution in [0, 0.1) is 0 Å². The lowest BCUT2D eigenvalue weighted by atomic mass is 10.4. The van der Waals surface area contributed by atoms with Gasteiger partial charge in [0.15, 0.2) is 5.79 Å². The van der Waals surface area contributed by atoms with Crippen molar-refractivity contribution >= 4 is 5.82 Å². The Hall–Kier alpha value is -1.33. The van der Waals surface area contributed by atoms with Gasteiger partial charge in [0.25, 0.3) is 0 Å². The average Bonchev–Trinajstić information content (AvgIpc) is 2.56. The topological polar surface area (TPSA) is 66.6 Å². The van der Waals surface area contributed by atoms with Crippen molar-refractivity contribution in [2.24, 2.45) is 0 Å². The molecule has 16 heavy (non-hydrogen) atoms. The van der Waals surface area contributed by atoms with Gasteiger partial charge in [0.1, 0.15) is 18.5 Å². The van der Waals surface area contributed by atoms with Gasteiger partial charge in [0.2, 0.25) is 5.88 Å². The Balaban J connectivity index is 1.84. The molecule has 0 spiro atoms. The first-order valence-electron chi connectivity index (χ1n) is 5.22. The molecule has 1 aromatic rings. The van der Waals surface area contributed by atoms with Crippen LogP contribution in [0.1, 0.15) is 13.8 Å². The number of nitrogens with two attached hydrogens (primary N) is 1. The van der Waals surface area contributed by atoms with Gasteiger partial charge in [-0.05, 0) is 19.9 Å². The molecule has 0 saturated carbocycles. The van der Waals surface area contributed by atoms with Crippen molar-refractivity contribution in [2.75, 3.05) is 18.9 Å². The molecule has 5 heteroatoms. The number of hydrogen-bond donors (Lipinski definition) is 1. The molecule has 0 radical (unpaired) electrons. The molecule has 0 unspecified atom stereocenters. The summed E-state index contributed by atoms with van der Waals surface area (Å²) in [6.07, 6.45) is -0.0572. The van der Waals surface area contributed by atoms with Gasteiger partial charge in [-0.3, -0.25) is 0 Å². The Labute approximate surface area is 94.5 Å². The van der Waals surface area contributed by atoms with Crippen molar-refractivity contribution in [1.82, 2.24) is 4.98 Å². The van der Waals surface area contributed by atoms with Crippen molar-refractivity contribution in [3.8, 4) is 5.88 Å². The lowest BCUT2D eigenvalue weighted by molar-refractivity contribution is -0.141. The average molecular weight is 224 g/mol. The number of nitrogen functional groups attached to an aromatic ring is 1. The van der Waals surface area contributed by atoms with E-state index in [2.05, 4.69) is 4.98 Å². The summed E-state index contributed by atoms with van der Waals surface area (Å²) in [7, 11) is 0. The molecular weight excluding hydrogens is 208 g/mol. The van der Waals surface area contributed by atoms with E-state index in [1.54, 1.807) is 18.2 Å². The molecule has 1 fully saturated rings. The highest BCUT2D eigenvalue weighted by atomic mass is 16.7. The molecule has 88 valence electrons. The van der Waals surface area contributed by atoms with E-state index in [0.717, 1.165) is 0 Å². The third-order valence-electron chi connectivity index (χ3n) is 2.23. The number of rotatable bonds is 3. The Morgan fingerprint density at radius 1 is 1.56 bits per heavy atom. The van der Waals surface area contributed by atoms with Crippen LogP contribution in [0.2, 0.25) is 0 Å². The predicted octanol–water partition coefficient (Wildman–Crippen LogP) is 1.19. The summed E-state index contributed by atoms with van der Waals surface area (Å²) in [6, 6.07) is 5.27. The van der Waals surface area contributed by atoms with Crippen LogP contribution < -0.4 is 10.5 Å². The standard InChI is InChI=1S/C11H16N2O3/c1-11(2)15-7-8(16-11)6-14-10-5-3-4-9(12)13-10/h3-5,8H,6-7H2,1-2H3,(H2,12,13)/t8-/m0/s1. The molecule has 0 amide bonds. The lowest BCUT2D eigenvalue weighted by Crippen LogP contribution is -2.25. The monoisotopic (exact) mass is 224 g/mol. The number of pyridine rings is 1. The van der Waals surface area contributed by atoms with Crippen molar-refractivity contribution in [1.29, 1.82) is 0 Å². The molecule has 1 saturated heterocycles. The van der Waals surface area contributed by atoms with Gasteiger partial charge in [-0.15, -0.1) is 0 Å². The second-order valence-corrected chi connectivity index (χ2v) is 4.16. The lowest BCUT2D eigenvalue weighted by Gasteiger charge is -2.17. The van der Waals surface area contributed by atoms with Crippen LogP contribution >= 0.6 is 0 Å². The largest absolute Gasteiger partial charge is 0.475 e. The van der Waals surface area contributed by atoms with Gasteiger partial charge < -0.3 is 19.9 Å². The SMILES string of the molecule is CC1(C)OC[C@H](COc2cccc(N)n2)O1. The summed E-state index contributed by atoms with van der Waals surface area (Å²) >= 11 is 0. The van der Waals surface area contributed by atoms with Gasteiger partial charge in [-0.1, -0.05) is 6.07 Å². The summed E-state index contributed by atoms with van der Waals surface area (Å²) < 4.78 is 16.5. The second kappa shape index (κ2) is 4.27. The quantitative estimate of drug-likeness (QED) is 0.835. The minimum atomic E-state index is -0.517. The number of ether oxygens (including phenoxy) is 3. The first kappa shape index (κ1) is 11.2. The van der Waals surface area contributed by atoms with Gasteiger partial charge in [0, 0.05) is 6.07 Å². The van der Waals surface area contributed by atoms with Crippen LogP contribution in [0.25, 0.3) is 0 Å². The van der Waals surface area contributed by atoms with Gasteiger partial charge in [-0.2, -0.15) is 4.98 Å². The molecule has 1 aromatic heterocycles. The first-order chi connectivity index (χ1) is 7.55. The van der Waals surface area contributed by atoms with Crippen molar-refractivity contribution in [3.05, 3.63) is 18.2 Å². The summed E-state index contributed by atoms with van der Waals surface area (Å²) in [5, 5.41) is 0. The molecule has 2 rings (SSSR count). The summed E-state index contributed by atoms with van der Waals surface area (Å²) in [4.78, 5) is 4.03. The molecule has 1 aliphatic heterocycles. The fraction of sp³-hybridized carbons (Fsp3) is 0.545. The van der Waals surface area contributed by atoms with E-state index in [1.165, 1.54) is 0 Å². The Bertz CT molecular complexity index is 368. The Morgan fingerprint density at radius 2 is 2.38 bits per heavy atom. The van der Waals surface area contributed by atoms with E-state index < -0.39 is 5.79 Å². The first-order valence-corrected chi connectivity index (χ1v) is 5.22. The maximum absolute atomic E-state index is 5.59. The molecule has 0 aliphatic carbocycles. The van der Waals surface area contributed by atoms with Crippen molar-refractivity contribution in [3.63, 3.8) is 0 Å². The van der Waals surface area contributed by atoms with E-state index in [-0.39, 0.29) is 6.10 Å². The van der Waals surface area contributed by atoms with E-state index in [4.69, 9.17) is 19.9 Å². The third-order valence-corrected chi connectivity index (χ3v) is 2.23. The van der Waals surface area contributed by atoms with Gasteiger partial charge in [-0.25, -0.2) is 0 Å². The van der Waals surface area contributed by atoms with Crippen LogP contribution in [0.5, 0.6) is 5.88 Å². The fourth-order valence-electron chi connectivity index (χ4n) is 1.53. The van der Waals surface area contributed by atoms with Gasteiger partial charge >= 0.3 is 0 Å². The fourth-order valence-corrected chi connectivity index (χ4v) is 1.53. The van der Waals surface area contributed by atoms with E-state index in [0.29, 0.717) is 24.9 Å². The van der Waals surface area contributed by atoms with Crippen LogP contribution in [-0.4, -0.2) is 30.1 Å². The Morgan fingerprint density at radius 3 is 3.00 bits per heavy atom. The van der Waals surface area contributed by atoms with Crippen LogP contribution in [0.3, 0.4) is 0 Å². The normalized spacial score (nSPS) is 23.2.